The van der Waals surface area contributed by atoms with Crippen LogP contribution >= 0.6 is 0 Å². The second-order valence-corrected chi connectivity index (χ2v) is 6.59. The van der Waals surface area contributed by atoms with Crippen molar-refractivity contribution in [2.75, 3.05) is 14.2 Å². The lowest BCUT2D eigenvalue weighted by molar-refractivity contribution is 0.390. The molecule has 1 aliphatic rings. The van der Waals surface area contributed by atoms with Crippen molar-refractivity contribution >= 4 is 0 Å². The molecule has 1 aliphatic carbocycles. The van der Waals surface area contributed by atoms with E-state index in [9.17, 15) is 0 Å². The molecule has 1 aromatic carbocycles. The second kappa shape index (κ2) is 4.41. The molecule has 19 heavy (non-hydrogen) atoms. The molecule has 1 aromatic rings. The Hall–Kier alpha value is -1.22. The van der Waals surface area contributed by atoms with E-state index in [0.717, 1.165) is 17.1 Å². The van der Waals surface area contributed by atoms with Crippen LogP contribution in [0.15, 0.2) is 18.2 Å². The number of ether oxygens (including phenoxy) is 2. The largest absolute Gasteiger partial charge is 0.497 e. The fourth-order valence-electron chi connectivity index (χ4n) is 3.36. The molecule has 1 atom stereocenters. The third-order valence-electron chi connectivity index (χ3n) is 5.25. The number of nitrogens with two attached hydrogens (primary N) is 1. The molecule has 0 saturated heterocycles. The Labute approximate surface area is 116 Å². The molecule has 0 aromatic heterocycles. The van der Waals surface area contributed by atoms with E-state index in [1.165, 1.54) is 0 Å². The van der Waals surface area contributed by atoms with Gasteiger partial charge in [0.15, 0.2) is 0 Å². The summed E-state index contributed by atoms with van der Waals surface area (Å²) in [7, 11) is 3.32. The number of hydrogen-bond donors (Lipinski definition) is 1. The molecule has 1 fully saturated rings. The molecule has 3 heteroatoms. The highest BCUT2D eigenvalue weighted by Crippen LogP contribution is 2.71. The van der Waals surface area contributed by atoms with E-state index in [0.29, 0.717) is 5.92 Å². The van der Waals surface area contributed by atoms with Crippen molar-refractivity contribution in [1.82, 2.24) is 0 Å². The lowest BCUT2D eigenvalue weighted by Crippen LogP contribution is -2.16. The first-order valence-corrected chi connectivity index (χ1v) is 6.74. The highest BCUT2D eigenvalue weighted by Gasteiger charge is 2.66. The first kappa shape index (κ1) is 14.2. The molecular weight excluding hydrogens is 238 g/mol. The summed E-state index contributed by atoms with van der Waals surface area (Å²) in [5, 5.41) is 0. The minimum absolute atomic E-state index is 0.00833. The molecule has 0 spiro atoms. The van der Waals surface area contributed by atoms with E-state index in [4.69, 9.17) is 15.2 Å². The molecule has 106 valence electrons. The number of hydrogen-bond acceptors (Lipinski definition) is 3. The number of rotatable bonds is 4. The minimum Gasteiger partial charge on any atom is -0.497 e. The van der Waals surface area contributed by atoms with Gasteiger partial charge in [-0.1, -0.05) is 27.7 Å². The van der Waals surface area contributed by atoms with E-state index in [-0.39, 0.29) is 16.9 Å². The summed E-state index contributed by atoms with van der Waals surface area (Å²) in [5.41, 5.74) is 8.10. The molecule has 0 amide bonds. The Morgan fingerprint density at radius 2 is 1.37 bits per heavy atom. The summed E-state index contributed by atoms with van der Waals surface area (Å²) in [5.74, 6) is 2.05. The minimum atomic E-state index is 0.00833. The second-order valence-electron chi connectivity index (χ2n) is 6.59. The van der Waals surface area contributed by atoms with Crippen LogP contribution in [0.3, 0.4) is 0 Å². The Morgan fingerprint density at radius 1 is 0.947 bits per heavy atom. The predicted molar refractivity (Wildman–Crippen MR) is 77.5 cm³/mol. The van der Waals surface area contributed by atoms with Gasteiger partial charge in [-0.05, 0) is 34.4 Å². The monoisotopic (exact) mass is 263 g/mol. The zero-order valence-corrected chi connectivity index (χ0v) is 12.8. The SMILES string of the molecule is COc1cc(OC)cc(C(N)C2C(C)(C)C2(C)C)c1. The lowest BCUT2D eigenvalue weighted by Gasteiger charge is -2.16. The van der Waals surface area contributed by atoms with Crippen LogP contribution < -0.4 is 15.2 Å². The molecule has 0 radical (unpaired) electrons. The Balaban J connectivity index is 2.32. The van der Waals surface area contributed by atoms with E-state index in [1.54, 1.807) is 14.2 Å². The van der Waals surface area contributed by atoms with Crippen molar-refractivity contribution in [1.29, 1.82) is 0 Å². The van der Waals surface area contributed by atoms with Gasteiger partial charge in [0.2, 0.25) is 0 Å². The van der Waals surface area contributed by atoms with Gasteiger partial charge in [0.1, 0.15) is 11.5 Å². The van der Waals surface area contributed by atoms with Gasteiger partial charge in [-0.15, -0.1) is 0 Å². The van der Waals surface area contributed by atoms with Gasteiger partial charge in [-0.25, -0.2) is 0 Å². The topological polar surface area (TPSA) is 44.5 Å². The van der Waals surface area contributed by atoms with E-state index in [1.807, 2.05) is 18.2 Å². The predicted octanol–water partition coefficient (Wildman–Crippen LogP) is 3.39. The first-order chi connectivity index (χ1) is 8.75. The maximum atomic E-state index is 6.49. The molecule has 1 unspecified atom stereocenters. The molecular formula is C16H25NO2. The van der Waals surface area contributed by atoms with Gasteiger partial charge in [0.25, 0.3) is 0 Å². The molecule has 2 N–H and O–H groups in total. The van der Waals surface area contributed by atoms with Crippen molar-refractivity contribution in [2.45, 2.75) is 33.7 Å². The van der Waals surface area contributed by atoms with Crippen LogP contribution in [-0.4, -0.2) is 14.2 Å². The Bertz CT molecular complexity index is 443. The van der Waals surface area contributed by atoms with Gasteiger partial charge in [0, 0.05) is 12.1 Å². The van der Waals surface area contributed by atoms with Gasteiger partial charge in [0.05, 0.1) is 14.2 Å². The lowest BCUT2D eigenvalue weighted by atomic mass is 9.97. The van der Waals surface area contributed by atoms with Gasteiger partial charge >= 0.3 is 0 Å². The summed E-state index contributed by atoms with van der Waals surface area (Å²) in [6, 6.07) is 5.91. The van der Waals surface area contributed by atoms with Crippen molar-refractivity contribution < 1.29 is 9.47 Å². The molecule has 3 nitrogen and oxygen atoms in total. The standard InChI is InChI=1S/C16H25NO2/c1-15(2)14(16(15,3)4)13(17)10-7-11(18-5)9-12(8-10)19-6/h7-9,13-14H,17H2,1-6H3. The average Bonchev–Trinajstić information content (AvgIpc) is 2.78. The Kier molecular flexibility index (Phi) is 3.29. The fraction of sp³-hybridized carbons (Fsp3) is 0.625. The van der Waals surface area contributed by atoms with Crippen LogP contribution in [0, 0.1) is 16.7 Å². The van der Waals surface area contributed by atoms with Crippen LogP contribution in [0.2, 0.25) is 0 Å². The zero-order chi connectivity index (χ0) is 14.4. The third-order valence-corrected chi connectivity index (χ3v) is 5.25. The number of methoxy groups -OCH3 is 2. The summed E-state index contributed by atoms with van der Waals surface area (Å²) in [6.45, 7) is 9.15. The first-order valence-electron chi connectivity index (χ1n) is 6.74. The van der Waals surface area contributed by atoms with Crippen LogP contribution in [0.4, 0.5) is 0 Å². The average molecular weight is 263 g/mol. The van der Waals surface area contributed by atoms with Crippen molar-refractivity contribution in [3.8, 4) is 11.5 Å². The van der Waals surface area contributed by atoms with E-state index < -0.39 is 0 Å². The maximum Gasteiger partial charge on any atom is 0.122 e. The summed E-state index contributed by atoms with van der Waals surface area (Å²) >= 11 is 0. The highest BCUT2D eigenvalue weighted by atomic mass is 16.5. The quantitative estimate of drug-likeness (QED) is 0.905. The van der Waals surface area contributed by atoms with Crippen molar-refractivity contribution in [3.63, 3.8) is 0 Å². The van der Waals surface area contributed by atoms with Crippen LogP contribution in [0.5, 0.6) is 11.5 Å². The van der Waals surface area contributed by atoms with Gasteiger partial charge < -0.3 is 15.2 Å². The smallest absolute Gasteiger partial charge is 0.122 e. The van der Waals surface area contributed by atoms with Gasteiger partial charge in [-0.3, -0.25) is 0 Å². The van der Waals surface area contributed by atoms with Crippen molar-refractivity contribution in [2.24, 2.45) is 22.5 Å². The maximum absolute atomic E-state index is 6.49. The highest BCUT2D eigenvalue weighted by molar-refractivity contribution is 5.41. The van der Waals surface area contributed by atoms with Crippen molar-refractivity contribution in [3.05, 3.63) is 23.8 Å². The molecule has 0 aliphatic heterocycles. The fourth-order valence-corrected chi connectivity index (χ4v) is 3.36. The molecule has 0 heterocycles. The zero-order valence-electron chi connectivity index (χ0n) is 12.8. The van der Waals surface area contributed by atoms with Gasteiger partial charge in [-0.2, -0.15) is 0 Å². The van der Waals surface area contributed by atoms with Crippen LogP contribution in [-0.2, 0) is 0 Å². The molecule has 0 bridgehead atoms. The molecule has 2 rings (SSSR count). The summed E-state index contributed by atoms with van der Waals surface area (Å²) < 4.78 is 10.6. The Morgan fingerprint density at radius 3 is 1.68 bits per heavy atom. The van der Waals surface area contributed by atoms with Crippen LogP contribution in [0.25, 0.3) is 0 Å². The van der Waals surface area contributed by atoms with Crippen LogP contribution in [0.1, 0.15) is 39.3 Å². The summed E-state index contributed by atoms with van der Waals surface area (Å²) in [4.78, 5) is 0. The third kappa shape index (κ3) is 2.10. The van der Waals surface area contributed by atoms with E-state index >= 15 is 0 Å². The molecule has 1 saturated carbocycles. The summed E-state index contributed by atoms with van der Waals surface area (Å²) in [6.07, 6.45) is 0. The normalized spacial score (nSPS) is 21.8. The van der Waals surface area contributed by atoms with E-state index in [2.05, 4.69) is 27.7 Å². The number of benzene rings is 1.